The van der Waals surface area contributed by atoms with Gasteiger partial charge in [-0.05, 0) is 39.7 Å². The molecule has 16 heavy (non-hydrogen) atoms. The van der Waals surface area contributed by atoms with Crippen LogP contribution in [0.4, 0.5) is 0 Å². The summed E-state index contributed by atoms with van der Waals surface area (Å²) in [5.74, 6) is 0. The molecule has 0 spiro atoms. The summed E-state index contributed by atoms with van der Waals surface area (Å²) in [5.41, 5.74) is -0.393. The second kappa shape index (κ2) is 9.59. The van der Waals surface area contributed by atoms with Crippen LogP contribution < -0.4 is 5.32 Å². The summed E-state index contributed by atoms with van der Waals surface area (Å²) in [6.45, 7) is 4.21. The quantitative estimate of drug-likeness (QED) is 0.578. The van der Waals surface area contributed by atoms with Gasteiger partial charge in [0.05, 0.1) is 6.07 Å². The molecule has 1 N–H and O–H groups in total. The number of rotatable bonds is 10. The fourth-order valence-electron chi connectivity index (χ4n) is 1.33. The van der Waals surface area contributed by atoms with Crippen molar-refractivity contribution in [3.8, 4) is 6.07 Å². The molecule has 0 radical (unpaired) electrons. The van der Waals surface area contributed by atoms with Crippen LogP contribution in [-0.2, 0) is 9.47 Å². The van der Waals surface area contributed by atoms with E-state index in [1.807, 2.05) is 14.0 Å². The lowest BCUT2D eigenvalue weighted by atomic mass is 9.97. The van der Waals surface area contributed by atoms with Crippen molar-refractivity contribution in [1.82, 2.24) is 5.32 Å². The summed E-state index contributed by atoms with van der Waals surface area (Å²) in [5, 5.41) is 12.0. The third-order valence-electron chi connectivity index (χ3n) is 2.65. The summed E-state index contributed by atoms with van der Waals surface area (Å²) in [7, 11) is 3.52. The number of hydrogen-bond donors (Lipinski definition) is 1. The van der Waals surface area contributed by atoms with Gasteiger partial charge in [-0.15, -0.1) is 0 Å². The maximum atomic E-state index is 8.93. The number of ether oxygens (including phenoxy) is 2. The molecule has 0 aromatic heterocycles. The predicted octanol–water partition coefficient (Wildman–Crippen LogP) is 1.71. The first-order valence-electron chi connectivity index (χ1n) is 5.85. The molecule has 4 heteroatoms. The molecule has 0 aliphatic carbocycles. The second-order valence-corrected chi connectivity index (χ2v) is 4.11. The zero-order chi connectivity index (χ0) is 12.3. The Morgan fingerprint density at radius 2 is 1.88 bits per heavy atom. The minimum absolute atomic E-state index is 0.393. The molecule has 0 amide bonds. The van der Waals surface area contributed by atoms with Crippen LogP contribution in [0.5, 0.6) is 0 Å². The molecule has 94 valence electrons. The van der Waals surface area contributed by atoms with Crippen molar-refractivity contribution in [1.29, 1.82) is 5.26 Å². The second-order valence-electron chi connectivity index (χ2n) is 4.11. The molecular weight excluding hydrogens is 204 g/mol. The number of nitrogens with zero attached hydrogens (tertiary/aromatic N) is 1. The Morgan fingerprint density at radius 3 is 2.44 bits per heavy atom. The minimum atomic E-state index is -0.393. The number of nitriles is 1. The summed E-state index contributed by atoms with van der Waals surface area (Å²) >= 11 is 0. The van der Waals surface area contributed by atoms with E-state index in [1.54, 1.807) is 7.11 Å². The van der Waals surface area contributed by atoms with E-state index in [1.165, 1.54) is 0 Å². The third-order valence-corrected chi connectivity index (χ3v) is 2.65. The van der Waals surface area contributed by atoms with Gasteiger partial charge in [0.15, 0.2) is 0 Å². The Balaban J connectivity index is 3.30. The highest BCUT2D eigenvalue weighted by atomic mass is 16.5. The first kappa shape index (κ1) is 15.4. The van der Waals surface area contributed by atoms with Crippen LogP contribution >= 0.6 is 0 Å². The lowest BCUT2D eigenvalue weighted by Gasteiger charge is -2.20. The average Bonchev–Trinajstić information content (AvgIpc) is 2.32. The van der Waals surface area contributed by atoms with Crippen molar-refractivity contribution >= 4 is 0 Å². The van der Waals surface area contributed by atoms with Gasteiger partial charge in [0, 0.05) is 26.9 Å². The number of methoxy groups -OCH3 is 1. The third kappa shape index (κ3) is 7.63. The maximum absolute atomic E-state index is 8.93. The maximum Gasteiger partial charge on any atom is 0.103 e. The zero-order valence-corrected chi connectivity index (χ0v) is 10.7. The number of nitrogens with one attached hydrogen (secondary N) is 1. The van der Waals surface area contributed by atoms with E-state index in [0.717, 1.165) is 45.5 Å². The molecule has 0 aliphatic heterocycles. The topological polar surface area (TPSA) is 54.3 Å². The van der Waals surface area contributed by atoms with E-state index in [2.05, 4.69) is 11.4 Å². The summed E-state index contributed by atoms with van der Waals surface area (Å²) in [4.78, 5) is 0. The zero-order valence-electron chi connectivity index (χ0n) is 10.7. The molecular formula is C12H24N2O2. The lowest BCUT2D eigenvalue weighted by molar-refractivity contribution is 0.0995. The van der Waals surface area contributed by atoms with E-state index in [9.17, 15) is 0 Å². The molecule has 0 saturated carbocycles. The van der Waals surface area contributed by atoms with Gasteiger partial charge in [-0.2, -0.15) is 5.26 Å². The van der Waals surface area contributed by atoms with E-state index < -0.39 is 5.54 Å². The summed E-state index contributed by atoms with van der Waals surface area (Å²) in [6.07, 6.45) is 3.82. The van der Waals surface area contributed by atoms with Gasteiger partial charge in [0.2, 0.25) is 0 Å². The van der Waals surface area contributed by atoms with Crippen LogP contribution in [-0.4, -0.2) is 39.5 Å². The molecule has 0 aromatic rings. The highest BCUT2D eigenvalue weighted by Gasteiger charge is 2.19. The molecule has 0 aliphatic rings. The van der Waals surface area contributed by atoms with Crippen LogP contribution in [0.25, 0.3) is 0 Å². The molecule has 0 bridgehead atoms. The first-order chi connectivity index (χ1) is 7.68. The van der Waals surface area contributed by atoms with Crippen molar-refractivity contribution in [2.75, 3.05) is 34.0 Å². The van der Waals surface area contributed by atoms with Gasteiger partial charge < -0.3 is 14.8 Å². The summed E-state index contributed by atoms with van der Waals surface area (Å²) < 4.78 is 10.4. The van der Waals surface area contributed by atoms with Crippen LogP contribution in [0.15, 0.2) is 0 Å². The van der Waals surface area contributed by atoms with Crippen molar-refractivity contribution in [3.63, 3.8) is 0 Å². The van der Waals surface area contributed by atoms with E-state index >= 15 is 0 Å². The van der Waals surface area contributed by atoms with Crippen molar-refractivity contribution in [2.24, 2.45) is 0 Å². The van der Waals surface area contributed by atoms with Crippen molar-refractivity contribution < 1.29 is 9.47 Å². The van der Waals surface area contributed by atoms with Crippen molar-refractivity contribution in [3.05, 3.63) is 0 Å². The Morgan fingerprint density at radius 1 is 1.19 bits per heavy atom. The molecule has 0 aromatic carbocycles. The molecule has 1 unspecified atom stereocenters. The molecule has 4 nitrogen and oxygen atoms in total. The van der Waals surface area contributed by atoms with E-state index in [0.29, 0.717) is 0 Å². The summed E-state index contributed by atoms with van der Waals surface area (Å²) in [6, 6.07) is 2.28. The highest BCUT2D eigenvalue weighted by Crippen LogP contribution is 2.11. The minimum Gasteiger partial charge on any atom is -0.385 e. The monoisotopic (exact) mass is 228 g/mol. The fraction of sp³-hybridized carbons (Fsp3) is 0.917. The van der Waals surface area contributed by atoms with Gasteiger partial charge in [-0.3, -0.25) is 0 Å². The lowest BCUT2D eigenvalue weighted by Crippen LogP contribution is -2.37. The van der Waals surface area contributed by atoms with Gasteiger partial charge in [0.25, 0.3) is 0 Å². The van der Waals surface area contributed by atoms with Gasteiger partial charge in [0.1, 0.15) is 5.54 Å². The van der Waals surface area contributed by atoms with Crippen LogP contribution in [0.1, 0.15) is 32.6 Å². The highest BCUT2D eigenvalue weighted by molar-refractivity contribution is 5.02. The van der Waals surface area contributed by atoms with Gasteiger partial charge >= 0.3 is 0 Å². The normalized spacial score (nSPS) is 14.4. The van der Waals surface area contributed by atoms with Gasteiger partial charge in [-0.1, -0.05) is 0 Å². The Labute approximate surface area is 98.9 Å². The predicted molar refractivity (Wildman–Crippen MR) is 64.2 cm³/mol. The first-order valence-corrected chi connectivity index (χ1v) is 5.85. The smallest absolute Gasteiger partial charge is 0.103 e. The Bertz CT molecular complexity index is 204. The Kier molecular flexibility index (Phi) is 9.21. The average molecular weight is 228 g/mol. The largest absolute Gasteiger partial charge is 0.385 e. The van der Waals surface area contributed by atoms with E-state index in [4.69, 9.17) is 14.7 Å². The van der Waals surface area contributed by atoms with Crippen LogP contribution in [0, 0.1) is 11.3 Å². The standard InChI is InChI=1S/C12H24N2O2/c1-12(11-13,14-2)7-4-5-9-16-10-6-8-15-3/h14H,4-10H2,1-3H3. The van der Waals surface area contributed by atoms with Crippen LogP contribution in [0.2, 0.25) is 0 Å². The van der Waals surface area contributed by atoms with E-state index in [-0.39, 0.29) is 0 Å². The number of unbranched alkanes of at least 4 members (excludes halogenated alkanes) is 1. The molecule has 0 saturated heterocycles. The fourth-order valence-corrected chi connectivity index (χ4v) is 1.33. The van der Waals surface area contributed by atoms with Crippen molar-refractivity contribution in [2.45, 2.75) is 38.1 Å². The van der Waals surface area contributed by atoms with Gasteiger partial charge in [-0.25, -0.2) is 0 Å². The van der Waals surface area contributed by atoms with Crippen LogP contribution in [0.3, 0.4) is 0 Å². The molecule has 1 atom stereocenters. The number of hydrogen-bond acceptors (Lipinski definition) is 4. The Hall–Kier alpha value is -0.630. The molecule has 0 fully saturated rings. The molecule has 0 rings (SSSR count). The SMILES string of the molecule is CNC(C)(C#N)CCCCOCCCOC. The molecule has 0 heterocycles.